The molecule has 1 aromatic carbocycles. The predicted octanol–water partition coefficient (Wildman–Crippen LogP) is 4.00. The van der Waals surface area contributed by atoms with Crippen LogP contribution in [0.25, 0.3) is 0 Å². The molecule has 210 valence electrons. The Labute approximate surface area is 223 Å². The lowest BCUT2D eigenvalue weighted by molar-refractivity contribution is -0.175. The summed E-state index contributed by atoms with van der Waals surface area (Å²) in [6, 6.07) is 5.85. The monoisotopic (exact) mass is 548 g/mol. The number of esters is 1. The zero-order valence-electron chi connectivity index (χ0n) is 22.1. The summed E-state index contributed by atoms with van der Waals surface area (Å²) >= 11 is 0. The number of fused-ring (bicyclic) bond motifs is 2. The predicted molar refractivity (Wildman–Crippen MR) is 133 cm³/mol. The molecule has 8 nitrogen and oxygen atoms in total. The van der Waals surface area contributed by atoms with E-state index in [9.17, 15) is 27.6 Å². The Hall–Kier alpha value is -3.34. The van der Waals surface area contributed by atoms with Crippen LogP contribution < -0.4 is 10.2 Å². The van der Waals surface area contributed by atoms with Crippen LogP contribution in [0.15, 0.2) is 45.8 Å². The highest BCUT2D eigenvalue weighted by atomic mass is 19.4. The van der Waals surface area contributed by atoms with Crippen molar-refractivity contribution in [3.63, 3.8) is 0 Å². The van der Waals surface area contributed by atoms with Gasteiger partial charge >= 0.3 is 12.1 Å². The lowest BCUT2D eigenvalue weighted by atomic mass is 9.66. The van der Waals surface area contributed by atoms with Gasteiger partial charge in [-0.3, -0.25) is 19.3 Å². The van der Waals surface area contributed by atoms with Crippen LogP contribution in [0.2, 0.25) is 0 Å². The third-order valence-corrected chi connectivity index (χ3v) is 9.00. The minimum atomic E-state index is -4.42. The fourth-order valence-corrected chi connectivity index (χ4v) is 5.88. The van der Waals surface area contributed by atoms with Crippen molar-refractivity contribution >= 4 is 11.9 Å². The summed E-state index contributed by atoms with van der Waals surface area (Å²) in [6.45, 7) is 8.09. The second-order valence-electron chi connectivity index (χ2n) is 11.3. The van der Waals surface area contributed by atoms with Crippen LogP contribution >= 0.6 is 0 Å². The highest BCUT2D eigenvalue weighted by molar-refractivity contribution is 5.96. The Morgan fingerprint density at radius 3 is 2.23 bits per heavy atom. The second-order valence-corrected chi connectivity index (χ2v) is 11.3. The number of carbonyl (C=O) groups excluding carboxylic acids is 2. The quantitative estimate of drug-likeness (QED) is 0.504. The first kappa shape index (κ1) is 27.2. The molecular formula is C28H31F3N2O6. The van der Waals surface area contributed by atoms with E-state index in [0.29, 0.717) is 56.9 Å². The fourth-order valence-electron chi connectivity index (χ4n) is 5.88. The summed E-state index contributed by atoms with van der Waals surface area (Å²) < 4.78 is 54.9. The first-order valence-electron chi connectivity index (χ1n) is 12.9. The third-order valence-electron chi connectivity index (χ3n) is 9.00. The molecule has 2 bridgehead atoms. The van der Waals surface area contributed by atoms with E-state index in [4.69, 9.17) is 13.9 Å². The molecule has 0 spiro atoms. The molecule has 1 amide bonds. The van der Waals surface area contributed by atoms with Crippen molar-refractivity contribution in [1.29, 1.82) is 0 Å². The number of rotatable bonds is 6. The Morgan fingerprint density at radius 1 is 1.03 bits per heavy atom. The number of amides is 1. The van der Waals surface area contributed by atoms with Gasteiger partial charge in [0.1, 0.15) is 18.6 Å². The van der Waals surface area contributed by atoms with Gasteiger partial charge in [0.2, 0.25) is 11.2 Å². The van der Waals surface area contributed by atoms with Crippen LogP contribution in [0, 0.1) is 10.8 Å². The molecule has 3 heterocycles. The van der Waals surface area contributed by atoms with Crippen LogP contribution in [0.4, 0.5) is 13.2 Å². The van der Waals surface area contributed by atoms with Crippen molar-refractivity contribution in [2.24, 2.45) is 10.8 Å². The number of carbonyl (C=O) groups is 2. The molecule has 11 heteroatoms. The Kier molecular flexibility index (Phi) is 6.56. The molecule has 2 aromatic rings. The molecule has 0 radical (unpaired) electrons. The number of alkyl halides is 3. The van der Waals surface area contributed by atoms with E-state index in [1.54, 1.807) is 4.90 Å². The first-order chi connectivity index (χ1) is 18.3. The Morgan fingerprint density at radius 2 is 1.69 bits per heavy atom. The van der Waals surface area contributed by atoms with Crippen LogP contribution in [0.1, 0.15) is 50.5 Å². The molecule has 5 rings (SSSR count). The van der Waals surface area contributed by atoms with Gasteiger partial charge in [0.25, 0.3) is 5.91 Å². The average Bonchev–Trinajstić information content (AvgIpc) is 3.18. The van der Waals surface area contributed by atoms with E-state index >= 15 is 0 Å². The van der Waals surface area contributed by atoms with Gasteiger partial charge < -0.3 is 18.8 Å². The van der Waals surface area contributed by atoms with Crippen molar-refractivity contribution in [3.8, 4) is 5.75 Å². The van der Waals surface area contributed by atoms with Gasteiger partial charge in [0, 0.05) is 37.7 Å². The lowest BCUT2D eigenvalue weighted by Gasteiger charge is -2.42. The number of ether oxygens (including phenoxy) is 2. The number of piperazine rings is 1. The molecule has 1 aromatic heterocycles. The van der Waals surface area contributed by atoms with E-state index in [-0.39, 0.29) is 24.2 Å². The average molecular weight is 549 g/mol. The summed E-state index contributed by atoms with van der Waals surface area (Å²) in [4.78, 5) is 42.4. The van der Waals surface area contributed by atoms with E-state index in [0.717, 1.165) is 12.1 Å². The number of hydrogen-bond donors (Lipinski definition) is 0. The van der Waals surface area contributed by atoms with Gasteiger partial charge in [-0.25, -0.2) is 0 Å². The van der Waals surface area contributed by atoms with Crippen molar-refractivity contribution in [2.75, 3.05) is 26.2 Å². The second kappa shape index (κ2) is 9.39. The molecule has 3 aliphatic rings. The lowest BCUT2D eigenvalue weighted by Crippen LogP contribution is -2.59. The van der Waals surface area contributed by atoms with Crippen molar-refractivity contribution in [2.45, 2.75) is 58.5 Å². The number of nitrogens with zero attached hydrogens (tertiary/aromatic N) is 2. The zero-order chi connectivity index (χ0) is 28.2. The summed E-state index contributed by atoms with van der Waals surface area (Å²) in [5.74, 6) is -0.0429. The van der Waals surface area contributed by atoms with Crippen LogP contribution in [-0.2, 0) is 33.7 Å². The summed E-state index contributed by atoms with van der Waals surface area (Å²) in [6.07, 6.45) is -2.06. The summed E-state index contributed by atoms with van der Waals surface area (Å²) in [5, 5.41) is 0. The van der Waals surface area contributed by atoms with Crippen molar-refractivity contribution in [1.82, 2.24) is 9.80 Å². The maximum Gasteiger partial charge on any atom is 0.416 e. The Balaban J connectivity index is 1.15. The molecule has 3 fully saturated rings. The SMILES string of the molecule is CC1(C)C2(C(=O)N3CCN(Cc4cc(=O)c(OCc5ccc(C(F)(F)F)cc5)co4)CC3)CC[C@@]1(C)C(=O)O2. The molecule has 1 saturated carbocycles. The third kappa shape index (κ3) is 4.50. The highest BCUT2D eigenvalue weighted by Crippen LogP contribution is 2.66. The summed E-state index contributed by atoms with van der Waals surface area (Å²) in [5.41, 5.74) is -3.04. The molecule has 0 N–H and O–H groups in total. The van der Waals surface area contributed by atoms with Gasteiger partial charge in [-0.1, -0.05) is 26.0 Å². The molecule has 1 aliphatic carbocycles. The van der Waals surface area contributed by atoms with E-state index in [1.165, 1.54) is 24.5 Å². The molecule has 2 atom stereocenters. The minimum Gasteiger partial charge on any atom is -0.482 e. The number of hydrogen-bond acceptors (Lipinski definition) is 7. The van der Waals surface area contributed by atoms with Crippen LogP contribution in [0.5, 0.6) is 5.75 Å². The maximum atomic E-state index is 13.6. The Bertz CT molecular complexity index is 1330. The van der Waals surface area contributed by atoms with Crippen molar-refractivity contribution in [3.05, 3.63) is 63.7 Å². The highest BCUT2D eigenvalue weighted by Gasteiger charge is 2.76. The maximum absolute atomic E-state index is 13.6. The van der Waals surface area contributed by atoms with Crippen molar-refractivity contribution < 1.29 is 36.7 Å². The minimum absolute atomic E-state index is 0.0365. The first-order valence-corrected chi connectivity index (χ1v) is 12.9. The standard InChI is InChI=1S/C28H31F3N2O6/c1-25(2)26(3)8-9-27(25,39-24(26)36)23(35)33-12-10-32(11-13-33)15-20-14-21(34)22(17-37-20)38-16-18-4-6-19(7-5-18)28(29,30)31/h4-7,14,17H,8-13,15-16H2,1-3H3/t26-,27?/m0/s1. The van der Waals surface area contributed by atoms with Gasteiger partial charge in [0.15, 0.2) is 5.60 Å². The van der Waals surface area contributed by atoms with Crippen LogP contribution in [0.3, 0.4) is 0 Å². The van der Waals surface area contributed by atoms with Crippen LogP contribution in [-0.4, -0.2) is 53.5 Å². The fraction of sp³-hybridized carbons (Fsp3) is 0.536. The summed E-state index contributed by atoms with van der Waals surface area (Å²) in [7, 11) is 0. The van der Waals surface area contributed by atoms with Gasteiger partial charge in [-0.05, 0) is 37.5 Å². The topological polar surface area (TPSA) is 89.3 Å². The van der Waals surface area contributed by atoms with Gasteiger partial charge in [-0.2, -0.15) is 13.2 Å². The van der Waals surface area contributed by atoms with E-state index in [2.05, 4.69) is 4.90 Å². The molecule has 2 aliphatic heterocycles. The normalized spacial score (nSPS) is 26.5. The zero-order valence-corrected chi connectivity index (χ0v) is 22.1. The molecule has 2 saturated heterocycles. The molecule has 39 heavy (non-hydrogen) atoms. The van der Waals surface area contributed by atoms with E-state index in [1.807, 2.05) is 20.8 Å². The number of benzene rings is 1. The van der Waals surface area contributed by atoms with Gasteiger partial charge in [-0.15, -0.1) is 0 Å². The molecular weight excluding hydrogens is 517 g/mol. The van der Waals surface area contributed by atoms with Gasteiger partial charge in [0.05, 0.1) is 17.5 Å². The molecule has 1 unspecified atom stereocenters. The van der Waals surface area contributed by atoms with E-state index < -0.39 is 33.6 Å². The number of halogens is 3. The largest absolute Gasteiger partial charge is 0.482 e. The smallest absolute Gasteiger partial charge is 0.416 e.